The zero-order chi connectivity index (χ0) is 5.98. The highest BCUT2D eigenvalue weighted by Crippen LogP contribution is 2.02. The number of hydrogen-bond acceptors (Lipinski definition) is 5. The quantitative estimate of drug-likeness (QED) is 0.408. The highest BCUT2D eigenvalue weighted by Gasteiger charge is 2.34. The van der Waals surface area contributed by atoms with Crippen molar-refractivity contribution in [3.05, 3.63) is 0 Å². The van der Waals surface area contributed by atoms with Gasteiger partial charge < -0.3 is 23.9 Å². The van der Waals surface area contributed by atoms with Crippen LogP contribution in [0.4, 0.5) is 0 Å². The van der Waals surface area contributed by atoms with Crippen molar-refractivity contribution in [1.29, 1.82) is 0 Å². The van der Waals surface area contributed by atoms with Crippen molar-refractivity contribution in [2.24, 2.45) is 0 Å². The van der Waals surface area contributed by atoms with Gasteiger partial charge in [0.25, 0.3) is 0 Å². The van der Waals surface area contributed by atoms with Crippen molar-refractivity contribution in [3.63, 3.8) is 0 Å². The normalized spacial score (nSPS) is 18.0. The summed E-state index contributed by atoms with van der Waals surface area (Å²) >= 11 is 0. The topological polar surface area (TPSA) is 68.2 Å². The van der Waals surface area contributed by atoms with Gasteiger partial charge in [-0.3, -0.25) is 0 Å². The monoisotopic (exact) mass is 118 g/mol. The lowest BCUT2D eigenvalue weighted by atomic mass is 10.1. The highest BCUT2D eigenvalue weighted by atomic mass is 16.9. The van der Waals surface area contributed by atoms with Crippen LogP contribution in [0.3, 0.4) is 0 Å². The molecule has 1 fully saturated rings. The Labute approximate surface area is 46.5 Å². The van der Waals surface area contributed by atoms with Gasteiger partial charge in [0.1, 0.15) is 6.79 Å². The summed E-state index contributed by atoms with van der Waals surface area (Å²) in [5.74, 6) is 0. The SMILES string of the molecule is OB(O)OB1OCO1. The molecule has 0 radical (unpaired) electrons. The summed E-state index contributed by atoms with van der Waals surface area (Å²) in [5.41, 5.74) is 0. The fraction of sp³-hybridized carbons (Fsp3) is 1.00. The number of hydrogen-bond donors (Lipinski definition) is 2. The van der Waals surface area contributed by atoms with Gasteiger partial charge in [0, 0.05) is 0 Å². The van der Waals surface area contributed by atoms with E-state index >= 15 is 0 Å². The van der Waals surface area contributed by atoms with Crippen LogP contribution in [0, 0.1) is 0 Å². The zero-order valence-corrected chi connectivity index (χ0v) is 3.98. The Bertz CT molecular complexity index is 70.8. The first-order valence-corrected chi connectivity index (χ1v) is 2.04. The van der Waals surface area contributed by atoms with Crippen LogP contribution < -0.4 is 0 Å². The molecule has 0 aromatic carbocycles. The van der Waals surface area contributed by atoms with Gasteiger partial charge in [-0.25, -0.2) is 0 Å². The lowest BCUT2D eigenvalue weighted by Crippen LogP contribution is -2.43. The van der Waals surface area contributed by atoms with Crippen LogP contribution in [0.5, 0.6) is 0 Å². The molecule has 7 heteroatoms. The van der Waals surface area contributed by atoms with Gasteiger partial charge in [-0.2, -0.15) is 0 Å². The Morgan fingerprint density at radius 1 is 1.50 bits per heavy atom. The maximum atomic E-state index is 8.06. The fourth-order valence-electron chi connectivity index (χ4n) is 0.302. The molecule has 8 heavy (non-hydrogen) atoms. The predicted octanol–water partition coefficient (Wildman–Crippen LogP) is -2.04. The van der Waals surface area contributed by atoms with Crippen molar-refractivity contribution in [3.8, 4) is 0 Å². The summed E-state index contributed by atoms with van der Waals surface area (Å²) in [4.78, 5) is 0. The molecule has 44 valence electrons. The standard InChI is InChI=1S/CH4B2O5/c4-2(5)8-3-6-1-7-3/h4-5H,1H2. The molecule has 1 heterocycles. The highest BCUT2D eigenvalue weighted by molar-refractivity contribution is 6.51. The maximum absolute atomic E-state index is 8.06. The molecule has 1 aliphatic rings. The van der Waals surface area contributed by atoms with Crippen LogP contribution in [0.1, 0.15) is 0 Å². The van der Waals surface area contributed by atoms with Gasteiger partial charge >= 0.3 is 14.6 Å². The van der Waals surface area contributed by atoms with Gasteiger partial charge in [-0.15, -0.1) is 0 Å². The van der Waals surface area contributed by atoms with Crippen LogP contribution in [-0.2, 0) is 13.9 Å². The first kappa shape index (κ1) is 6.06. The van der Waals surface area contributed by atoms with Crippen molar-refractivity contribution < 1.29 is 23.9 Å². The third-order valence-corrected chi connectivity index (χ3v) is 0.641. The number of rotatable bonds is 2. The van der Waals surface area contributed by atoms with Crippen LogP contribution in [0.15, 0.2) is 0 Å². The maximum Gasteiger partial charge on any atom is 0.630 e. The van der Waals surface area contributed by atoms with Crippen LogP contribution in [0.2, 0.25) is 0 Å². The van der Waals surface area contributed by atoms with Crippen LogP contribution >= 0.6 is 0 Å². The fourth-order valence-corrected chi connectivity index (χ4v) is 0.302. The largest absolute Gasteiger partial charge is 0.630 e. The second kappa shape index (κ2) is 2.47. The minimum atomic E-state index is -1.82. The first-order chi connectivity index (χ1) is 3.79. The minimum Gasteiger partial charge on any atom is -0.402 e. The molecule has 5 nitrogen and oxygen atoms in total. The van der Waals surface area contributed by atoms with Gasteiger partial charge in [0.15, 0.2) is 0 Å². The first-order valence-electron chi connectivity index (χ1n) is 2.04. The summed E-state index contributed by atoms with van der Waals surface area (Å²) in [7, 11) is -2.71. The molecular formula is CH4B2O5. The molecule has 0 bridgehead atoms. The summed E-state index contributed by atoms with van der Waals surface area (Å²) in [6.07, 6.45) is 0. The molecule has 1 saturated heterocycles. The predicted molar refractivity (Wildman–Crippen MR) is 24.1 cm³/mol. The van der Waals surface area contributed by atoms with E-state index < -0.39 is 14.6 Å². The van der Waals surface area contributed by atoms with Crippen molar-refractivity contribution in [1.82, 2.24) is 0 Å². The molecule has 0 aliphatic carbocycles. The van der Waals surface area contributed by atoms with Crippen molar-refractivity contribution in [2.75, 3.05) is 6.79 Å². The zero-order valence-electron chi connectivity index (χ0n) is 3.98. The van der Waals surface area contributed by atoms with E-state index in [9.17, 15) is 0 Å². The lowest BCUT2D eigenvalue weighted by molar-refractivity contribution is -0.0555. The van der Waals surface area contributed by atoms with Crippen LogP contribution in [-0.4, -0.2) is 31.5 Å². The third kappa shape index (κ3) is 1.46. The second-order valence-electron chi connectivity index (χ2n) is 1.20. The van der Waals surface area contributed by atoms with E-state index in [0.29, 0.717) is 0 Å². The molecule has 0 amide bonds. The summed E-state index contributed by atoms with van der Waals surface area (Å²) in [6, 6.07) is 0. The molecule has 1 aliphatic heterocycles. The molecule has 0 aromatic heterocycles. The third-order valence-electron chi connectivity index (χ3n) is 0.641. The van der Waals surface area contributed by atoms with Gasteiger partial charge in [-0.05, 0) is 0 Å². The molecule has 2 N–H and O–H groups in total. The van der Waals surface area contributed by atoms with E-state index in [4.69, 9.17) is 10.0 Å². The molecule has 0 unspecified atom stereocenters. The lowest BCUT2D eigenvalue weighted by Gasteiger charge is -2.21. The molecular weight excluding hydrogens is 114 g/mol. The average Bonchev–Trinajstić information content (AvgIpc) is 1.55. The van der Waals surface area contributed by atoms with Crippen molar-refractivity contribution >= 4 is 14.6 Å². The van der Waals surface area contributed by atoms with Crippen molar-refractivity contribution in [2.45, 2.75) is 0 Å². The van der Waals surface area contributed by atoms with Gasteiger partial charge in [0.05, 0.1) is 0 Å². The van der Waals surface area contributed by atoms with E-state index in [0.717, 1.165) is 0 Å². The smallest absolute Gasteiger partial charge is 0.402 e. The second-order valence-corrected chi connectivity index (χ2v) is 1.20. The van der Waals surface area contributed by atoms with E-state index in [1.54, 1.807) is 0 Å². The Morgan fingerprint density at radius 3 is 2.25 bits per heavy atom. The molecule has 0 saturated carbocycles. The Morgan fingerprint density at radius 2 is 2.12 bits per heavy atom. The Kier molecular flexibility index (Phi) is 1.87. The Hall–Kier alpha value is -0.0701. The summed E-state index contributed by atoms with van der Waals surface area (Å²) in [5, 5.41) is 16.1. The van der Waals surface area contributed by atoms with Gasteiger partial charge in [0.2, 0.25) is 0 Å². The Balaban J connectivity index is 2.01. The van der Waals surface area contributed by atoms with E-state index in [1.807, 2.05) is 0 Å². The van der Waals surface area contributed by atoms with Gasteiger partial charge in [-0.1, -0.05) is 0 Å². The molecule has 1 rings (SSSR count). The van der Waals surface area contributed by atoms with E-state index in [-0.39, 0.29) is 6.79 Å². The minimum absolute atomic E-state index is 0.150. The molecule has 0 atom stereocenters. The van der Waals surface area contributed by atoms with Crippen LogP contribution in [0.25, 0.3) is 0 Å². The summed E-state index contributed by atoms with van der Waals surface area (Å²) in [6.45, 7) is 0.150. The van der Waals surface area contributed by atoms with E-state index in [1.165, 1.54) is 0 Å². The summed E-state index contributed by atoms with van der Waals surface area (Å²) < 4.78 is 13.1. The molecule has 0 spiro atoms. The van der Waals surface area contributed by atoms with E-state index in [2.05, 4.69) is 13.9 Å². The molecule has 0 aromatic rings. The average molecular weight is 118 g/mol.